The summed E-state index contributed by atoms with van der Waals surface area (Å²) in [6.07, 6.45) is 3.16. The lowest BCUT2D eigenvalue weighted by Crippen LogP contribution is -2.11. The molecule has 1 heterocycles. The summed E-state index contributed by atoms with van der Waals surface area (Å²) in [5.41, 5.74) is 4.15. The highest BCUT2D eigenvalue weighted by molar-refractivity contribution is 5.90. The number of carboxylic acids is 1. The SMILES string of the molecule is CCCc1nn(-c2ccc(C(C)(C)C)cc2)c(CCC)c1C(=O)O. The summed E-state index contributed by atoms with van der Waals surface area (Å²) in [4.78, 5) is 11.8. The fraction of sp³-hybridized carbons (Fsp3) is 0.500. The predicted octanol–water partition coefficient (Wildman–Crippen LogP) is 4.77. The van der Waals surface area contributed by atoms with Gasteiger partial charge < -0.3 is 5.11 Å². The van der Waals surface area contributed by atoms with E-state index in [1.165, 1.54) is 5.56 Å². The van der Waals surface area contributed by atoms with Crippen molar-refractivity contribution < 1.29 is 9.90 Å². The van der Waals surface area contributed by atoms with Gasteiger partial charge in [0.1, 0.15) is 5.56 Å². The van der Waals surface area contributed by atoms with Crippen LogP contribution in [0.5, 0.6) is 0 Å². The number of benzene rings is 1. The molecule has 130 valence electrons. The molecule has 0 bridgehead atoms. The molecule has 0 saturated carbocycles. The average Bonchev–Trinajstić information content (AvgIpc) is 2.86. The maximum atomic E-state index is 11.8. The van der Waals surface area contributed by atoms with Crippen molar-refractivity contribution in [3.63, 3.8) is 0 Å². The molecule has 0 spiro atoms. The third-order valence-corrected chi connectivity index (χ3v) is 4.22. The summed E-state index contributed by atoms with van der Waals surface area (Å²) in [5, 5.41) is 14.3. The summed E-state index contributed by atoms with van der Waals surface area (Å²) in [7, 11) is 0. The van der Waals surface area contributed by atoms with Gasteiger partial charge in [0.2, 0.25) is 0 Å². The van der Waals surface area contributed by atoms with Gasteiger partial charge in [-0.1, -0.05) is 59.6 Å². The molecule has 0 aliphatic heterocycles. The van der Waals surface area contributed by atoms with Crippen LogP contribution in [-0.2, 0) is 18.3 Å². The van der Waals surface area contributed by atoms with Gasteiger partial charge in [0.05, 0.1) is 17.1 Å². The van der Waals surface area contributed by atoms with E-state index in [0.29, 0.717) is 24.1 Å². The van der Waals surface area contributed by atoms with E-state index in [4.69, 9.17) is 0 Å². The number of aromatic carboxylic acids is 1. The Morgan fingerprint density at radius 1 is 1.08 bits per heavy atom. The van der Waals surface area contributed by atoms with Gasteiger partial charge in [-0.3, -0.25) is 0 Å². The first-order chi connectivity index (χ1) is 11.3. The highest BCUT2D eigenvalue weighted by atomic mass is 16.4. The quantitative estimate of drug-likeness (QED) is 0.830. The summed E-state index contributed by atoms with van der Waals surface area (Å²) < 4.78 is 1.82. The minimum atomic E-state index is -0.875. The Bertz CT molecular complexity index is 706. The van der Waals surface area contributed by atoms with E-state index in [2.05, 4.69) is 44.9 Å². The van der Waals surface area contributed by atoms with Crippen LogP contribution in [0.4, 0.5) is 0 Å². The monoisotopic (exact) mass is 328 g/mol. The highest BCUT2D eigenvalue weighted by Crippen LogP contribution is 2.26. The lowest BCUT2D eigenvalue weighted by Gasteiger charge is -2.19. The molecule has 1 N–H and O–H groups in total. The minimum Gasteiger partial charge on any atom is -0.478 e. The molecule has 0 amide bonds. The first-order valence-corrected chi connectivity index (χ1v) is 8.74. The van der Waals surface area contributed by atoms with Gasteiger partial charge in [-0.25, -0.2) is 9.48 Å². The first kappa shape index (κ1) is 18.2. The van der Waals surface area contributed by atoms with Crippen molar-refractivity contribution >= 4 is 5.97 Å². The van der Waals surface area contributed by atoms with Crippen LogP contribution in [0.1, 0.15) is 74.8 Å². The maximum Gasteiger partial charge on any atom is 0.339 e. The standard InChI is InChI=1S/C20H28N2O2/c1-6-8-16-18(19(23)24)17(9-7-2)22(21-16)15-12-10-14(11-13-15)20(3,4)5/h10-13H,6-9H2,1-5H3,(H,23,24). The van der Waals surface area contributed by atoms with E-state index in [1.54, 1.807) is 0 Å². The van der Waals surface area contributed by atoms with Crippen molar-refractivity contribution in [2.24, 2.45) is 0 Å². The van der Waals surface area contributed by atoms with Crippen molar-refractivity contribution in [2.75, 3.05) is 0 Å². The molecular formula is C20H28N2O2. The summed E-state index contributed by atoms with van der Waals surface area (Å²) in [6, 6.07) is 8.28. The van der Waals surface area contributed by atoms with Crippen molar-refractivity contribution in [1.82, 2.24) is 9.78 Å². The second-order valence-electron chi connectivity index (χ2n) is 7.28. The van der Waals surface area contributed by atoms with E-state index in [9.17, 15) is 9.90 Å². The lowest BCUT2D eigenvalue weighted by molar-refractivity contribution is 0.0694. The molecular weight excluding hydrogens is 300 g/mol. The van der Waals surface area contributed by atoms with Crippen LogP contribution >= 0.6 is 0 Å². The minimum absolute atomic E-state index is 0.0918. The molecule has 4 nitrogen and oxygen atoms in total. The molecule has 0 fully saturated rings. The van der Waals surface area contributed by atoms with E-state index >= 15 is 0 Å². The lowest BCUT2D eigenvalue weighted by atomic mass is 9.87. The Labute approximate surface area is 144 Å². The van der Waals surface area contributed by atoms with Crippen LogP contribution in [0.2, 0.25) is 0 Å². The normalized spacial score (nSPS) is 11.7. The van der Waals surface area contributed by atoms with Crippen LogP contribution in [-0.4, -0.2) is 20.9 Å². The number of carbonyl (C=O) groups is 1. The second-order valence-corrected chi connectivity index (χ2v) is 7.28. The van der Waals surface area contributed by atoms with Crippen molar-refractivity contribution in [3.8, 4) is 5.69 Å². The average molecular weight is 328 g/mol. The van der Waals surface area contributed by atoms with Gasteiger partial charge in [0.25, 0.3) is 0 Å². The number of nitrogens with zero attached hydrogens (tertiary/aromatic N) is 2. The Kier molecular flexibility index (Phi) is 5.47. The molecule has 1 aromatic carbocycles. The number of hydrogen-bond acceptors (Lipinski definition) is 2. The number of aryl methyl sites for hydroxylation is 1. The molecule has 2 aromatic rings. The molecule has 0 unspecified atom stereocenters. The smallest absolute Gasteiger partial charge is 0.339 e. The third kappa shape index (κ3) is 3.69. The first-order valence-electron chi connectivity index (χ1n) is 8.74. The predicted molar refractivity (Wildman–Crippen MR) is 97.2 cm³/mol. The fourth-order valence-corrected chi connectivity index (χ4v) is 2.95. The third-order valence-electron chi connectivity index (χ3n) is 4.22. The summed E-state index contributed by atoms with van der Waals surface area (Å²) in [5.74, 6) is -0.875. The molecule has 1 aromatic heterocycles. The second kappa shape index (κ2) is 7.20. The van der Waals surface area contributed by atoms with Crippen LogP contribution in [0.25, 0.3) is 5.69 Å². The fourth-order valence-electron chi connectivity index (χ4n) is 2.95. The van der Waals surface area contributed by atoms with Crippen LogP contribution in [0, 0.1) is 0 Å². The number of rotatable bonds is 6. The largest absolute Gasteiger partial charge is 0.478 e. The topological polar surface area (TPSA) is 55.1 Å². The number of carboxylic acid groups (broad SMARTS) is 1. The van der Waals surface area contributed by atoms with Gasteiger partial charge in [0, 0.05) is 0 Å². The Morgan fingerprint density at radius 3 is 2.12 bits per heavy atom. The summed E-state index contributed by atoms with van der Waals surface area (Å²) >= 11 is 0. The van der Waals surface area contributed by atoms with Gasteiger partial charge in [-0.15, -0.1) is 0 Å². The van der Waals surface area contributed by atoms with Gasteiger partial charge in [-0.05, 0) is 36.0 Å². The van der Waals surface area contributed by atoms with Crippen molar-refractivity contribution in [3.05, 3.63) is 46.8 Å². The van der Waals surface area contributed by atoms with Crippen molar-refractivity contribution in [2.45, 2.75) is 65.7 Å². The van der Waals surface area contributed by atoms with E-state index in [-0.39, 0.29) is 5.41 Å². The van der Waals surface area contributed by atoms with E-state index < -0.39 is 5.97 Å². The molecule has 0 atom stereocenters. The van der Waals surface area contributed by atoms with E-state index in [1.807, 2.05) is 23.7 Å². The van der Waals surface area contributed by atoms with Crippen LogP contribution in [0.15, 0.2) is 24.3 Å². The van der Waals surface area contributed by atoms with Gasteiger partial charge >= 0.3 is 5.97 Å². The maximum absolute atomic E-state index is 11.8. The van der Waals surface area contributed by atoms with Crippen molar-refractivity contribution in [1.29, 1.82) is 0 Å². The van der Waals surface area contributed by atoms with Crippen LogP contribution in [0.3, 0.4) is 0 Å². The van der Waals surface area contributed by atoms with Gasteiger partial charge in [0.15, 0.2) is 0 Å². The molecule has 4 heteroatoms. The zero-order valence-electron chi connectivity index (χ0n) is 15.4. The molecule has 0 saturated heterocycles. The number of aromatic nitrogens is 2. The molecule has 0 aliphatic rings. The molecule has 24 heavy (non-hydrogen) atoms. The Morgan fingerprint density at radius 2 is 1.67 bits per heavy atom. The zero-order chi connectivity index (χ0) is 17.9. The molecule has 0 aliphatic carbocycles. The Hall–Kier alpha value is -2.10. The van der Waals surface area contributed by atoms with Gasteiger partial charge in [-0.2, -0.15) is 5.10 Å². The van der Waals surface area contributed by atoms with Crippen LogP contribution < -0.4 is 0 Å². The summed E-state index contributed by atoms with van der Waals surface area (Å²) in [6.45, 7) is 10.6. The Balaban J connectivity index is 2.56. The number of hydrogen-bond donors (Lipinski definition) is 1. The highest BCUT2D eigenvalue weighted by Gasteiger charge is 2.23. The molecule has 0 radical (unpaired) electrons. The van der Waals surface area contributed by atoms with E-state index in [0.717, 1.165) is 24.2 Å². The molecule has 2 rings (SSSR count). The zero-order valence-corrected chi connectivity index (χ0v) is 15.4.